The minimum absolute atomic E-state index is 0.0843. The molecule has 0 spiro atoms. The van der Waals surface area contributed by atoms with Crippen LogP contribution in [-0.2, 0) is 19.6 Å². The molecule has 1 unspecified atom stereocenters. The first-order valence-electron chi connectivity index (χ1n) is 12.6. The Balaban J connectivity index is 1.48. The molecule has 0 N–H and O–H groups in total. The van der Waals surface area contributed by atoms with Crippen molar-refractivity contribution in [2.75, 3.05) is 26.8 Å². The van der Waals surface area contributed by atoms with E-state index in [2.05, 4.69) is 5.10 Å². The summed E-state index contributed by atoms with van der Waals surface area (Å²) in [7, 11) is -2.06. The number of methoxy groups -OCH3 is 1. The molecule has 4 rings (SSSR count). The molecule has 0 saturated heterocycles. The van der Waals surface area contributed by atoms with Gasteiger partial charge in [-0.2, -0.15) is 9.41 Å². The van der Waals surface area contributed by atoms with Crippen molar-refractivity contribution in [1.29, 1.82) is 0 Å². The van der Waals surface area contributed by atoms with E-state index in [1.807, 2.05) is 54.6 Å². The van der Waals surface area contributed by atoms with Gasteiger partial charge < -0.3 is 9.47 Å². The number of carbonyl (C=O) groups is 2. The number of rotatable bonds is 10. The molecule has 3 aromatic carbocycles. The summed E-state index contributed by atoms with van der Waals surface area (Å²) in [4.78, 5) is 26.0. The number of nitrogens with zero attached hydrogens (tertiary/aromatic N) is 3. The predicted octanol–water partition coefficient (Wildman–Crippen LogP) is 4.26. The molecule has 1 aliphatic heterocycles. The smallest absolute Gasteiger partial charge is 0.338 e. The van der Waals surface area contributed by atoms with Gasteiger partial charge in [0.25, 0.3) is 5.91 Å². The van der Waals surface area contributed by atoms with E-state index in [0.29, 0.717) is 25.3 Å². The summed E-state index contributed by atoms with van der Waals surface area (Å²) in [6, 6.07) is 22.1. The van der Waals surface area contributed by atoms with Crippen molar-refractivity contribution in [2.24, 2.45) is 5.10 Å². The van der Waals surface area contributed by atoms with Gasteiger partial charge in [-0.1, -0.05) is 56.3 Å². The number of esters is 1. The monoisotopic (exact) mass is 549 g/mol. The molecule has 10 heteroatoms. The molecule has 39 heavy (non-hydrogen) atoms. The molecule has 1 amide bonds. The van der Waals surface area contributed by atoms with E-state index < -0.39 is 28.5 Å². The molecule has 204 valence electrons. The topological polar surface area (TPSA) is 106 Å². The van der Waals surface area contributed by atoms with E-state index in [-0.39, 0.29) is 16.5 Å². The Labute approximate surface area is 228 Å². The maximum Gasteiger partial charge on any atom is 0.338 e. The number of hydrogen-bond donors (Lipinski definition) is 0. The lowest BCUT2D eigenvalue weighted by Gasteiger charge is -2.22. The van der Waals surface area contributed by atoms with Crippen molar-refractivity contribution in [3.63, 3.8) is 0 Å². The highest BCUT2D eigenvalue weighted by molar-refractivity contribution is 7.89. The highest BCUT2D eigenvalue weighted by atomic mass is 32.2. The first-order chi connectivity index (χ1) is 18.8. The quantitative estimate of drug-likeness (QED) is 0.350. The van der Waals surface area contributed by atoms with E-state index in [1.54, 1.807) is 21.0 Å². The van der Waals surface area contributed by atoms with Crippen LogP contribution in [0.15, 0.2) is 88.9 Å². The van der Waals surface area contributed by atoms with Gasteiger partial charge in [0.15, 0.2) is 6.61 Å². The Hall–Kier alpha value is -4.02. The zero-order valence-corrected chi connectivity index (χ0v) is 22.9. The largest absolute Gasteiger partial charge is 0.497 e. The average Bonchev–Trinajstić information content (AvgIpc) is 3.42. The van der Waals surface area contributed by atoms with Crippen LogP contribution in [0.1, 0.15) is 47.8 Å². The number of benzene rings is 3. The van der Waals surface area contributed by atoms with Crippen LogP contribution in [0, 0.1) is 0 Å². The van der Waals surface area contributed by atoms with Crippen LogP contribution >= 0.6 is 0 Å². The summed E-state index contributed by atoms with van der Waals surface area (Å²) in [5.74, 6) is -0.512. The molecule has 0 fully saturated rings. The normalized spacial score (nSPS) is 15.2. The lowest BCUT2D eigenvalue weighted by Crippen LogP contribution is -2.31. The summed E-state index contributed by atoms with van der Waals surface area (Å²) in [6.45, 7) is 3.68. The van der Waals surface area contributed by atoms with E-state index >= 15 is 0 Å². The highest BCUT2D eigenvalue weighted by Gasteiger charge is 2.33. The summed E-state index contributed by atoms with van der Waals surface area (Å²) < 4.78 is 37.3. The Bertz CT molecular complexity index is 1430. The summed E-state index contributed by atoms with van der Waals surface area (Å²) in [5.41, 5.74) is 2.67. The standard InChI is InChI=1S/C29H31N3O6S/c1-4-31(5-2)39(35,36)25-17-13-23(14-18-25)29(34)38-20-28(33)32-27(22-11-15-24(37-3)16-12-22)19-26(30-32)21-9-7-6-8-10-21/h6-18,27H,4-5,19-20H2,1-3H3. The van der Waals surface area contributed by atoms with Crippen LogP contribution < -0.4 is 4.74 Å². The molecule has 9 nitrogen and oxygen atoms in total. The molecule has 0 aliphatic carbocycles. The third-order valence-corrected chi connectivity index (χ3v) is 8.60. The van der Waals surface area contributed by atoms with Crippen molar-refractivity contribution in [3.05, 3.63) is 95.6 Å². The maximum atomic E-state index is 13.2. The molecule has 0 aromatic heterocycles. The van der Waals surface area contributed by atoms with E-state index in [4.69, 9.17) is 9.47 Å². The second kappa shape index (κ2) is 12.2. The number of hydrazone groups is 1. The summed E-state index contributed by atoms with van der Waals surface area (Å²) in [6.07, 6.45) is 0.499. The summed E-state index contributed by atoms with van der Waals surface area (Å²) in [5, 5.41) is 5.95. The van der Waals surface area contributed by atoms with Gasteiger partial charge in [-0.05, 0) is 47.5 Å². The van der Waals surface area contributed by atoms with Gasteiger partial charge in [-0.3, -0.25) is 4.79 Å². The SMILES string of the molecule is CCN(CC)S(=O)(=O)c1ccc(C(=O)OCC(=O)N2N=C(c3ccccc3)CC2c2ccc(OC)cc2)cc1. The van der Waals surface area contributed by atoms with Gasteiger partial charge in [0.2, 0.25) is 10.0 Å². The van der Waals surface area contributed by atoms with E-state index in [0.717, 1.165) is 16.8 Å². The maximum absolute atomic E-state index is 13.2. The molecular weight excluding hydrogens is 518 g/mol. The van der Waals surface area contributed by atoms with Gasteiger partial charge in [-0.25, -0.2) is 18.2 Å². The molecular formula is C29H31N3O6S. The fraction of sp³-hybridized carbons (Fsp3) is 0.276. The van der Waals surface area contributed by atoms with Crippen molar-refractivity contribution in [3.8, 4) is 5.75 Å². The lowest BCUT2D eigenvalue weighted by atomic mass is 9.98. The second-order valence-corrected chi connectivity index (χ2v) is 10.8. The minimum Gasteiger partial charge on any atom is -0.497 e. The highest BCUT2D eigenvalue weighted by Crippen LogP contribution is 2.33. The number of ether oxygens (including phenoxy) is 2. The Morgan fingerprint density at radius 1 is 0.949 bits per heavy atom. The Morgan fingerprint density at radius 3 is 2.18 bits per heavy atom. The van der Waals surface area contributed by atoms with Crippen LogP contribution in [0.25, 0.3) is 0 Å². The van der Waals surface area contributed by atoms with Crippen LogP contribution in [0.5, 0.6) is 5.75 Å². The molecule has 1 heterocycles. The number of amides is 1. The van der Waals surface area contributed by atoms with Gasteiger partial charge >= 0.3 is 5.97 Å². The zero-order chi connectivity index (χ0) is 28.0. The molecule has 0 saturated carbocycles. The first-order valence-corrected chi connectivity index (χ1v) is 14.1. The summed E-state index contributed by atoms with van der Waals surface area (Å²) >= 11 is 0. The number of carbonyl (C=O) groups excluding carboxylic acids is 2. The molecule has 0 bridgehead atoms. The van der Waals surface area contributed by atoms with E-state index in [9.17, 15) is 18.0 Å². The van der Waals surface area contributed by atoms with Gasteiger partial charge in [-0.15, -0.1) is 0 Å². The van der Waals surface area contributed by atoms with Crippen molar-refractivity contribution >= 4 is 27.6 Å². The van der Waals surface area contributed by atoms with Gasteiger partial charge in [0, 0.05) is 19.5 Å². The number of sulfonamides is 1. The van der Waals surface area contributed by atoms with Gasteiger partial charge in [0.1, 0.15) is 5.75 Å². The predicted molar refractivity (Wildman–Crippen MR) is 147 cm³/mol. The number of hydrogen-bond acceptors (Lipinski definition) is 7. The van der Waals surface area contributed by atoms with Crippen LogP contribution in [0.3, 0.4) is 0 Å². The lowest BCUT2D eigenvalue weighted by molar-refractivity contribution is -0.136. The zero-order valence-electron chi connectivity index (χ0n) is 22.1. The van der Waals surface area contributed by atoms with Crippen molar-refractivity contribution in [2.45, 2.75) is 31.2 Å². The van der Waals surface area contributed by atoms with Crippen LogP contribution in [0.2, 0.25) is 0 Å². The van der Waals surface area contributed by atoms with E-state index in [1.165, 1.54) is 33.6 Å². The average molecular weight is 550 g/mol. The second-order valence-electron chi connectivity index (χ2n) is 8.83. The third kappa shape index (κ3) is 6.18. The molecule has 0 radical (unpaired) electrons. The Morgan fingerprint density at radius 2 is 1.59 bits per heavy atom. The van der Waals surface area contributed by atoms with Crippen molar-refractivity contribution in [1.82, 2.24) is 9.31 Å². The third-order valence-electron chi connectivity index (χ3n) is 6.53. The first kappa shape index (κ1) is 28.0. The molecule has 3 aromatic rings. The molecule has 1 atom stereocenters. The van der Waals surface area contributed by atoms with Crippen LogP contribution in [0.4, 0.5) is 0 Å². The van der Waals surface area contributed by atoms with Crippen molar-refractivity contribution < 1.29 is 27.5 Å². The minimum atomic E-state index is -3.65. The Kier molecular flexibility index (Phi) is 8.78. The fourth-order valence-corrected chi connectivity index (χ4v) is 5.84. The van der Waals surface area contributed by atoms with Crippen LogP contribution in [-0.4, -0.2) is 62.1 Å². The van der Waals surface area contributed by atoms with Gasteiger partial charge in [0.05, 0.1) is 29.3 Å². The molecule has 1 aliphatic rings. The fourth-order valence-electron chi connectivity index (χ4n) is 4.38.